The zero-order valence-corrected chi connectivity index (χ0v) is 22.3. The second-order valence-corrected chi connectivity index (χ2v) is 12.4. The molecule has 12 heteroatoms. The van der Waals surface area contributed by atoms with E-state index in [0.717, 1.165) is 16.1 Å². The number of pyridine rings is 1. The van der Waals surface area contributed by atoms with Crippen LogP contribution in [0, 0.1) is 5.92 Å². The topological polar surface area (TPSA) is 92.3 Å². The van der Waals surface area contributed by atoms with Gasteiger partial charge in [0.15, 0.2) is 14.8 Å². The number of benzene rings is 1. The Labute approximate surface area is 218 Å². The molecule has 0 bridgehead atoms. The Morgan fingerprint density at radius 2 is 1.89 bits per heavy atom. The van der Waals surface area contributed by atoms with Gasteiger partial charge in [0.05, 0.1) is 34.6 Å². The molecule has 0 fully saturated rings. The van der Waals surface area contributed by atoms with Gasteiger partial charge < -0.3 is 5.32 Å². The van der Waals surface area contributed by atoms with Crippen molar-refractivity contribution in [2.24, 2.45) is 5.92 Å². The largest absolute Gasteiger partial charge is 0.344 e. The first-order valence-corrected chi connectivity index (χ1v) is 14.1. The van der Waals surface area contributed by atoms with E-state index in [1.165, 1.54) is 35.7 Å². The molecule has 1 aliphatic heterocycles. The lowest BCUT2D eigenvalue weighted by atomic mass is 10.0. The predicted octanol–water partition coefficient (Wildman–Crippen LogP) is 5.06. The lowest BCUT2D eigenvalue weighted by Gasteiger charge is -2.27. The first-order valence-electron chi connectivity index (χ1n) is 11.7. The van der Waals surface area contributed by atoms with Crippen LogP contribution in [-0.2, 0) is 29.5 Å². The number of hydrogen-bond donors (Lipinski definition) is 1. The van der Waals surface area contributed by atoms with Crippen molar-refractivity contribution in [3.05, 3.63) is 75.0 Å². The quantitative estimate of drug-likeness (QED) is 0.397. The van der Waals surface area contributed by atoms with Crippen LogP contribution >= 0.6 is 11.3 Å². The molecule has 1 amide bonds. The van der Waals surface area contributed by atoms with Gasteiger partial charge >= 0.3 is 0 Å². The molecule has 3 heterocycles. The molecular weight excluding hydrogens is 525 g/mol. The maximum atomic E-state index is 12.9. The molecule has 0 radical (unpaired) electrons. The minimum absolute atomic E-state index is 0. The minimum Gasteiger partial charge on any atom is -0.344 e. The van der Waals surface area contributed by atoms with Gasteiger partial charge in [-0.2, -0.15) is 0 Å². The number of nitrogens with zero attached hydrogens (tertiary/aromatic N) is 3. The van der Waals surface area contributed by atoms with Crippen molar-refractivity contribution in [3.8, 4) is 0 Å². The first kappa shape index (κ1) is 28.7. The Morgan fingerprint density at radius 3 is 2.46 bits per heavy atom. The van der Waals surface area contributed by atoms with E-state index in [1.807, 2.05) is 0 Å². The molecule has 37 heavy (non-hydrogen) atoms. The molecule has 1 aromatic carbocycles. The summed E-state index contributed by atoms with van der Waals surface area (Å²) in [5.74, 6) is -0.0657. The second-order valence-electron chi connectivity index (χ2n) is 9.03. The van der Waals surface area contributed by atoms with E-state index in [1.54, 1.807) is 25.1 Å². The van der Waals surface area contributed by atoms with Crippen LogP contribution in [0.2, 0.25) is 0 Å². The summed E-state index contributed by atoms with van der Waals surface area (Å²) < 4.78 is 49.6. The molecule has 0 unspecified atom stereocenters. The van der Waals surface area contributed by atoms with Crippen LogP contribution in [0.15, 0.2) is 47.5 Å². The van der Waals surface area contributed by atoms with Crippen molar-refractivity contribution in [1.82, 2.24) is 20.2 Å². The fourth-order valence-electron chi connectivity index (χ4n) is 4.27. The SMILES string of the molecule is CCS(=O)(=O)c1ccc(CNC(=O)c2nc3c(s2)CN(Cc2ccc(C(F)F)cc2)[C@H]3C(C)C)nc1.F. The van der Waals surface area contributed by atoms with Crippen LogP contribution in [-0.4, -0.2) is 34.9 Å². The van der Waals surface area contributed by atoms with Crippen molar-refractivity contribution in [2.45, 2.75) is 57.8 Å². The number of hydrogen-bond acceptors (Lipinski definition) is 7. The highest BCUT2D eigenvalue weighted by Crippen LogP contribution is 2.41. The number of thiazole rings is 1. The summed E-state index contributed by atoms with van der Waals surface area (Å²) in [5.41, 5.74) is 2.39. The van der Waals surface area contributed by atoms with Gasteiger partial charge in [0.1, 0.15) is 0 Å². The van der Waals surface area contributed by atoms with Gasteiger partial charge in [0, 0.05) is 29.7 Å². The smallest absolute Gasteiger partial charge is 0.280 e. The highest BCUT2D eigenvalue weighted by atomic mass is 32.2. The molecule has 200 valence electrons. The Kier molecular flexibility index (Phi) is 9.09. The average Bonchev–Trinajstić information content (AvgIpc) is 3.40. The van der Waals surface area contributed by atoms with Crippen LogP contribution in [0.1, 0.15) is 70.4 Å². The fourth-order valence-corrected chi connectivity index (χ4v) is 6.13. The van der Waals surface area contributed by atoms with Gasteiger partial charge in [-0.15, -0.1) is 11.3 Å². The van der Waals surface area contributed by atoms with Gasteiger partial charge in [-0.3, -0.25) is 19.4 Å². The standard InChI is InChI=1S/C25H28F2N4O3S2.FH/c1-4-36(33,34)19-10-9-18(28-12-19)11-29-24(32)25-30-21-20(35-25)14-31(22(21)15(2)3)13-16-5-7-17(8-6-16)23(26)27;/h5-10,12,15,22-23H,4,11,13-14H2,1-3H3,(H,29,32);1H/t22-;/m0./s1. The van der Waals surface area contributed by atoms with Crippen molar-refractivity contribution < 1.29 is 26.7 Å². The van der Waals surface area contributed by atoms with Crippen LogP contribution < -0.4 is 5.32 Å². The summed E-state index contributed by atoms with van der Waals surface area (Å²) in [6.07, 6.45) is -1.18. The number of carbonyl (C=O) groups excluding carboxylic acids is 1. The molecule has 7 nitrogen and oxygen atoms in total. The van der Waals surface area contributed by atoms with Gasteiger partial charge in [0.25, 0.3) is 12.3 Å². The molecule has 1 atom stereocenters. The number of alkyl halides is 2. The predicted molar refractivity (Wildman–Crippen MR) is 136 cm³/mol. The highest BCUT2D eigenvalue weighted by molar-refractivity contribution is 7.91. The lowest BCUT2D eigenvalue weighted by Crippen LogP contribution is -2.27. The second kappa shape index (κ2) is 11.7. The molecule has 0 spiro atoms. The molecule has 3 aromatic rings. The highest BCUT2D eigenvalue weighted by Gasteiger charge is 2.36. The summed E-state index contributed by atoms with van der Waals surface area (Å²) in [7, 11) is -3.32. The van der Waals surface area contributed by atoms with Gasteiger partial charge in [-0.1, -0.05) is 45.0 Å². The van der Waals surface area contributed by atoms with Crippen LogP contribution in [0.5, 0.6) is 0 Å². The van der Waals surface area contributed by atoms with E-state index < -0.39 is 16.3 Å². The first-order chi connectivity index (χ1) is 17.1. The number of amides is 1. The van der Waals surface area contributed by atoms with Gasteiger partial charge in [-0.25, -0.2) is 22.2 Å². The van der Waals surface area contributed by atoms with Crippen molar-refractivity contribution in [2.75, 3.05) is 5.75 Å². The van der Waals surface area contributed by atoms with Crippen LogP contribution in [0.3, 0.4) is 0 Å². The number of sulfone groups is 1. The Morgan fingerprint density at radius 1 is 1.19 bits per heavy atom. The zero-order valence-electron chi connectivity index (χ0n) is 20.6. The van der Waals surface area contributed by atoms with Gasteiger partial charge in [-0.05, 0) is 23.6 Å². The third-order valence-electron chi connectivity index (χ3n) is 6.16. The Hall–Kier alpha value is -2.83. The molecule has 0 aliphatic carbocycles. The van der Waals surface area contributed by atoms with E-state index in [2.05, 4.69) is 34.0 Å². The lowest BCUT2D eigenvalue weighted by molar-refractivity contribution is 0.0948. The number of carbonyl (C=O) groups is 1. The van der Waals surface area contributed by atoms with E-state index in [0.29, 0.717) is 23.8 Å². The normalized spacial score (nSPS) is 15.6. The number of aromatic nitrogens is 2. The van der Waals surface area contributed by atoms with Crippen molar-refractivity contribution >= 4 is 27.1 Å². The average molecular weight is 555 g/mol. The summed E-state index contributed by atoms with van der Waals surface area (Å²) in [4.78, 5) is 25.0. The molecule has 2 aromatic heterocycles. The van der Waals surface area contributed by atoms with Crippen molar-refractivity contribution in [1.29, 1.82) is 0 Å². The molecule has 0 saturated heterocycles. The molecule has 1 aliphatic rings. The fraction of sp³-hybridized carbons (Fsp3) is 0.400. The third-order valence-corrected chi connectivity index (χ3v) is 8.93. The molecule has 4 rings (SSSR count). The van der Waals surface area contributed by atoms with Crippen LogP contribution in [0.25, 0.3) is 0 Å². The van der Waals surface area contributed by atoms with E-state index >= 15 is 0 Å². The Bertz CT molecular complexity index is 1330. The van der Waals surface area contributed by atoms with E-state index in [9.17, 15) is 22.0 Å². The summed E-state index contributed by atoms with van der Waals surface area (Å²) in [5, 5.41) is 3.18. The summed E-state index contributed by atoms with van der Waals surface area (Å²) >= 11 is 1.35. The van der Waals surface area contributed by atoms with E-state index in [4.69, 9.17) is 0 Å². The van der Waals surface area contributed by atoms with Crippen LogP contribution in [0.4, 0.5) is 13.5 Å². The van der Waals surface area contributed by atoms with E-state index in [-0.39, 0.29) is 45.3 Å². The van der Waals surface area contributed by atoms with Crippen molar-refractivity contribution in [3.63, 3.8) is 0 Å². The molecule has 0 saturated carbocycles. The summed E-state index contributed by atoms with van der Waals surface area (Å²) in [6.45, 7) is 7.16. The number of nitrogens with one attached hydrogen (secondary N) is 1. The third kappa shape index (κ3) is 6.36. The van der Waals surface area contributed by atoms with Gasteiger partial charge in [0.2, 0.25) is 0 Å². The number of fused-ring (bicyclic) bond motifs is 1. The Balaban J connectivity index is 0.00000380. The summed E-state index contributed by atoms with van der Waals surface area (Å²) in [6, 6.07) is 9.48. The maximum absolute atomic E-state index is 12.9. The zero-order chi connectivity index (χ0) is 26.0. The maximum Gasteiger partial charge on any atom is 0.280 e. The monoisotopic (exact) mass is 554 g/mol. The molecule has 1 N–H and O–H groups in total. The molecular formula is C25H29F3N4O3S2. The minimum atomic E-state index is -3.32. The number of rotatable bonds is 9. The number of halogens is 3.